The second-order valence-electron chi connectivity index (χ2n) is 4.23. The smallest absolute Gasteiger partial charge is 0.133 e. The maximum Gasteiger partial charge on any atom is 0.133 e. The Kier molecular flexibility index (Phi) is 2.18. The molecule has 2 nitrogen and oxygen atoms in total. The maximum absolute atomic E-state index is 11.2. The number of nitrogens with zero attached hydrogens (tertiary/aromatic N) is 1. The van der Waals surface area contributed by atoms with Gasteiger partial charge < -0.3 is 4.90 Å². The van der Waals surface area contributed by atoms with Crippen LogP contribution in [0.3, 0.4) is 0 Å². The van der Waals surface area contributed by atoms with Crippen LogP contribution in [-0.2, 0) is 4.79 Å². The third-order valence-corrected chi connectivity index (χ3v) is 3.40. The number of likely N-dealkylation sites (tertiary alicyclic amines) is 1. The summed E-state index contributed by atoms with van der Waals surface area (Å²) in [4.78, 5) is 13.7. The Hall–Kier alpha value is -0.370. The summed E-state index contributed by atoms with van der Waals surface area (Å²) in [5.41, 5.74) is 0. The SMILES string of the molecule is CN1CCC[C@H]2CC(=O)CC[C@@H]21. The molecule has 2 fully saturated rings. The fourth-order valence-electron chi connectivity index (χ4n) is 2.72. The Morgan fingerprint density at radius 1 is 1.42 bits per heavy atom. The fourth-order valence-corrected chi connectivity index (χ4v) is 2.72. The van der Waals surface area contributed by atoms with Gasteiger partial charge in [-0.3, -0.25) is 4.79 Å². The Morgan fingerprint density at radius 3 is 3.08 bits per heavy atom. The first-order chi connectivity index (χ1) is 5.77. The average molecular weight is 167 g/mol. The van der Waals surface area contributed by atoms with Crippen LogP contribution >= 0.6 is 0 Å². The molecule has 1 saturated heterocycles. The minimum atomic E-state index is 0.492. The second-order valence-corrected chi connectivity index (χ2v) is 4.23. The lowest BCUT2D eigenvalue weighted by Crippen LogP contribution is -2.45. The Balaban J connectivity index is 2.04. The van der Waals surface area contributed by atoms with Crippen molar-refractivity contribution in [3.05, 3.63) is 0 Å². The van der Waals surface area contributed by atoms with Gasteiger partial charge in [0.15, 0.2) is 0 Å². The molecule has 1 heterocycles. The summed E-state index contributed by atoms with van der Waals surface area (Å²) in [5, 5.41) is 0. The van der Waals surface area contributed by atoms with E-state index in [1.54, 1.807) is 0 Å². The molecule has 2 rings (SSSR count). The molecule has 1 aliphatic carbocycles. The highest BCUT2D eigenvalue weighted by Gasteiger charge is 2.33. The molecular formula is C10H17NO. The highest BCUT2D eigenvalue weighted by atomic mass is 16.1. The minimum absolute atomic E-state index is 0.492. The number of carbonyl (C=O) groups is 1. The molecule has 0 spiro atoms. The van der Waals surface area contributed by atoms with Crippen LogP contribution in [0.15, 0.2) is 0 Å². The van der Waals surface area contributed by atoms with Gasteiger partial charge in [-0.15, -0.1) is 0 Å². The molecule has 0 radical (unpaired) electrons. The molecule has 0 unspecified atom stereocenters. The lowest BCUT2D eigenvalue weighted by Gasteiger charge is -2.41. The van der Waals surface area contributed by atoms with Crippen molar-refractivity contribution in [1.82, 2.24) is 4.90 Å². The van der Waals surface area contributed by atoms with Crippen molar-refractivity contribution in [2.24, 2.45) is 5.92 Å². The third-order valence-electron chi connectivity index (χ3n) is 3.40. The molecule has 68 valence electrons. The normalized spacial score (nSPS) is 37.9. The number of hydrogen-bond acceptors (Lipinski definition) is 2. The topological polar surface area (TPSA) is 20.3 Å². The van der Waals surface area contributed by atoms with Gasteiger partial charge in [0.05, 0.1) is 0 Å². The second kappa shape index (κ2) is 3.17. The number of Topliss-reactive ketones (excluding diaryl/α,β-unsaturated/α-hetero) is 1. The molecule has 2 heteroatoms. The zero-order chi connectivity index (χ0) is 8.55. The zero-order valence-electron chi connectivity index (χ0n) is 7.75. The van der Waals surface area contributed by atoms with E-state index < -0.39 is 0 Å². The first-order valence-electron chi connectivity index (χ1n) is 4.99. The van der Waals surface area contributed by atoms with Gasteiger partial charge in [0.1, 0.15) is 5.78 Å². The first-order valence-corrected chi connectivity index (χ1v) is 4.99. The fraction of sp³-hybridized carbons (Fsp3) is 0.900. The van der Waals surface area contributed by atoms with Crippen LogP contribution < -0.4 is 0 Å². The van der Waals surface area contributed by atoms with Crippen LogP contribution in [0, 0.1) is 5.92 Å². The number of fused-ring (bicyclic) bond motifs is 1. The van der Waals surface area contributed by atoms with Crippen LogP contribution in [0.5, 0.6) is 0 Å². The predicted molar refractivity (Wildman–Crippen MR) is 48.0 cm³/mol. The molecular weight excluding hydrogens is 150 g/mol. The number of piperidine rings is 1. The molecule has 12 heavy (non-hydrogen) atoms. The highest BCUT2D eigenvalue weighted by molar-refractivity contribution is 5.79. The average Bonchev–Trinajstić information content (AvgIpc) is 2.04. The van der Waals surface area contributed by atoms with Gasteiger partial charge in [-0.2, -0.15) is 0 Å². The zero-order valence-corrected chi connectivity index (χ0v) is 7.75. The summed E-state index contributed by atoms with van der Waals surface area (Å²) in [5.74, 6) is 1.18. The van der Waals surface area contributed by atoms with E-state index in [-0.39, 0.29) is 0 Å². The number of ketones is 1. The first kappa shape index (κ1) is 8.24. The molecule has 0 aromatic rings. The van der Waals surface area contributed by atoms with Crippen molar-refractivity contribution in [3.63, 3.8) is 0 Å². The van der Waals surface area contributed by atoms with Crippen LogP contribution in [0.1, 0.15) is 32.1 Å². The molecule has 2 atom stereocenters. The van der Waals surface area contributed by atoms with Crippen molar-refractivity contribution in [2.45, 2.75) is 38.1 Å². The van der Waals surface area contributed by atoms with Crippen LogP contribution in [0.25, 0.3) is 0 Å². The predicted octanol–water partition coefficient (Wildman–Crippen LogP) is 1.45. The summed E-state index contributed by atoms with van der Waals surface area (Å²) >= 11 is 0. The van der Waals surface area contributed by atoms with Gasteiger partial charge in [0.25, 0.3) is 0 Å². The van der Waals surface area contributed by atoms with Gasteiger partial charge in [-0.1, -0.05) is 0 Å². The molecule has 1 aliphatic heterocycles. The van der Waals surface area contributed by atoms with Crippen LogP contribution in [0.4, 0.5) is 0 Å². The number of hydrogen-bond donors (Lipinski definition) is 0. The van der Waals surface area contributed by atoms with E-state index in [9.17, 15) is 4.79 Å². The monoisotopic (exact) mass is 167 g/mol. The molecule has 2 aliphatic rings. The van der Waals surface area contributed by atoms with Crippen molar-refractivity contribution in [2.75, 3.05) is 13.6 Å². The molecule has 0 bridgehead atoms. The standard InChI is InChI=1S/C10H17NO/c1-11-6-2-3-8-7-9(12)4-5-10(8)11/h8,10H,2-7H2,1H3/t8-,10-/m0/s1. The lowest BCUT2D eigenvalue weighted by atomic mass is 9.78. The quantitative estimate of drug-likeness (QED) is 0.544. The molecule has 0 N–H and O–H groups in total. The van der Waals surface area contributed by atoms with E-state index in [1.807, 2.05) is 0 Å². The third kappa shape index (κ3) is 1.40. The van der Waals surface area contributed by atoms with E-state index in [2.05, 4.69) is 11.9 Å². The Labute approximate surface area is 73.9 Å². The van der Waals surface area contributed by atoms with Crippen molar-refractivity contribution < 1.29 is 4.79 Å². The minimum Gasteiger partial charge on any atom is -0.303 e. The van der Waals surface area contributed by atoms with Crippen LogP contribution in [0.2, 0.25) is 0 Å². The van der Waals surface area contributed by atoms with Gasteiger partial charge in [0, 0.05) is 18.9 Å². The molecule has 0 aromatic heterocycles. The summed E-state index contributed by atoms with van der Waals surface area (Å²) in [6, 6.07) is 0.719. The van der Waals surface area contributed by atoms with Gasteiger partial charge in [-0.25, -0.2) is 0 Å². The molecule has 0 aromatic carbocycles. The summed E-state index contributed by atoms with van der Waals surface area (Å²) in [6.45, 7) is 1.23. The van der Waals surface area contributed by atoms with Gasteiger partial charge in [0.2, 0.25) is 0 Å². The largest absolute Gasteiger partial charge is 0.303 e. The Morgan fingerprint density at radius 2 is 2.25 bits per heavy atom. The molecule has 1 saturated carbocycles. The van der Waals surface area contributed by atoms with E-state index in [0.29, 0.717) is 11.7 Å². The molecule has 0 amide bonds. The number of carbonyl (C=O) groups excluding carboxylic acids is 1. The van der Waals surface area contributed by atoms with Crippen molar-refractivity contribution in [1.29, 1.82) is 0 Å². The van der Waals surface area contributed by atoms with Gasteiger partial charge >= 0.3 is 0 Å². The Bertz CT molecular complexity index is 190. The van der Waals surface area contributed by atoms with Gasteiger partial charge in [-0.05, 0) is 38.8 Å². The summed E-state index contributed by atoms with van der Waals surface area (Å²) in [7, 11) is 2.20. The van der Waals surface area contributed by atoms with Crippen molar-refractivity contribution >= 4 is 5.78 Å². The highest BCUT2D eigenvalue weighted by Crippen LogP contribution is 2.32. The van der Waals surface area contributed by atoms with E-state index >= 15 is 0 Å². The summed E-state index contributed by atoms with van der Waals surface area (Å²) in [6.07, 6.45) is 5.35. The van der Waals surface area contributed by atoms with Crippen LogP contribution in [-0.4, -0.2) is 30.3 Å². The summed E-state index contributed by atoms with van der Waals surface area (Å²) < 4.78 is 0. The maximum atomic E-state index is 11.2. The number of rotatable bonds is 0. The lowest BCUT2D eigenvalue weighted by molar-refractivity contribution is -0.123. The van der Waals surface area contributed by atoms with E-state index in [1.165, 1.54) is 19.4 Å². The van der Waals surface area contributed by atoms with E-state index in [4.69, 9.17) is 0 Å². The van der Waals surface area contributed by atoms with Crippen molar-refractivity contribution in [3.8, 4) is 0 Å². The van der Waals surface area contributed by atoms with E-state index in [0.717, 1.165) is 25.3 Å².